The lowest BCUT2D eigenvalue weighted by Crippen LogP contribution is -2.29. The summed E-state index contributed by atoms with van der Waals surface area (Å²) >= 11 is 0. The zero-order valence-electron chi connectivity index (χ0n) is 13.0. The lowest BCUT2D eigenvalue weighted by Gasteiger charge is -2.06. The Morgan fingerprint density at radius 2 is 2.04 bits per heavy atom. The highest BCUT2D eigenvalue weighted by molar-refractivity contribution is 5.91. The van der Waals surface area contributed by atoms with E-state index in [9.17, 15) is 18.0 Å². The van der Waals surface area contributed by atoms with Crippen LogP contribution in [0.3, 0.4) is 0 Å². The fourth-order valence-electron chi connectivity index (χ4n) is 1.67. The molecular weight excluding hydrogens is 384 g/mol. The van der Waals surface area contributed by atoms with Crippen LogP contribution in [-0.2, 0) is 6.18 Å². The molecule has 1 amide bonds. The van der Waals surface area contributed by atoms with Gasteiger partial charge < -0.3 is 11.1 Å². The van der Waals surface area contributed by atoms with E-state index in [2.05, 4.69) is 20.6 Å². The molecule has 0 fully saturated rings. The molecule has 0 spiro atoms. The Kier molecular flexibility index (Phi) is 8.81. The van der Waals surface area contributed by atoms with Crippen molar-refractivity contribution in [2.24, 2.45) is 5.73 Å². The molecule has 0 aliphatic heterocycles. The normalized spacial score (nSPS) is 11.9. The number of alkyl halides is 3. The molecule has 0 radical (unpaired) electrons. The van der Waals surface area contributed by atoms with Gasteiger partial charge in [-0.05, 0) is 25.5 Å². The standard InChI is InChI=1S/C13H15F3N6O.2ClH/c1-8(17)4-5-18-12(23)10-7-22(21-20-10)11-3-2-9(6-19-11)13(14,15)16;;/h2-3,6-8H,4-5,17H2,1H3,(H,18,23);2*1H. The van der Waals surface area contributed by atoms with Crippen LogP contribution >= 0.6 is 24.8 Å². The number of nitrogens with two attached hydrogens (primary N) is 1. The van der Waals surface area contributed by atoms with Crippen molar-refractivity contribution in [3.05, 3.63) is 35.8 Å². The van der Waals surface area contributed by atoms with Gasteiger partial charge in [0.2, 0.25) is 0 Å². The molecule has 0 aliphatic carbocycles. The number of hydrogen-bond donors (Lipinski definition) is 2. The number of hydrogen-bond acceptors (Lipinski definition) is 5. The van der Waals surface area contributed by atoms with Crippen LogP contribution < -0.4 is 11.1 Å². The Hall–Kier alpha value is -1.91. The highest BCUT2D eigenvalue weighted by atomic mass is 35.5. The number of nitrogens with zero attached hydrogens (tertiary/aromatic N) is 4. The molecule has 0 bridgehead atoms. The number of aromatic nitrogens is 4. The first-order valence-electron chi connectivity index (χ1n) is 6.77. The largest absolute Gasteiger partial charge is 0.417 e. The molecule has 0 aromatic carbocycles. The summed E-state index contributed by atoms with van der Waals surface area (Å²) in [6, 6.07) is 1.99. The van der Waals surface area contributed by atoms with E-state index in [1.807, 2.05) is 6.92 Å². The van der Waals surface area contributed by atoms with E-state index in [1.54, 1.807) is 0 Å². The average Bonchev–Trinajstić information content (AvgIpc) is 2.96. The number of pyridine rings is 1. The van der Waals surface area contributed by atoms with Crippen LogP contribution in [0.25, 0.3) is 5.82 Å². The summed E-state index contributed by atoms with van der Waals surface area (Å²) in [7, 11) is 0. The molecule has 2 aromatic rings. The molecule has 1 atom stereocenters. The predicted molar refractivity (Wildman–Crippen MR) is 89.3 cm³/mol. The number of amides is 1. The molecule has 140 valence electrons. The maximum absolute atomic E-state index is 12.5. The van der Waals surface area contributed by atoms with E-state index in [1.165, 1.54) is 6.20 Å². The number of carbonyl (C=O) groups excluding carboxylic acids is 1. The third kappa shape index (κ3) is 6.48. The number of halogens is 5. The molecule has 3 N–H and O–H groups in total. The molecule has 2 rings (SSSR count). The quantitative estimate of drug-likeness (QED) is 0.799. The van der Waals surface area contributed by atoms with Gasteiger partial charge in [-0.25, -0.2) is 9.67 Å². The van der Waals surface area contributed by atoms with E-state index in [0.717, 1.165) is 16.8 Å². The smallest absolute Gasteiger partial charge is 0.351 e. The third-order valence-electron chi connectivity index (χ3n) is 2.92. The average molecular weight is 401 g/mol. The highest BCUT2D eigenvalue weighted by Gasteiger charge is 2.30. The fourth-order valence-corrected chi connectivity index (χ4v) is 1.67. The second-order valence-corrected chi connectivity index (χ2v) is 4.97. The number of nitrogens with one attached hydrogen (secondary N) is 1. The van der Waals surface area contributed by atoms with Gasteiger partial charge in [0, 0.05) is 18.8 Å². The minimum absolute atomic E-state index is 0. The summed E-state index contributed by atoms with van der Waals surface area (Å²) < 4.78 is 38.5. The molecule has 7 nitrogen and oxygen atoms in total. The molecule has 1 unspecified atom stereocenters. The van der Waals surface area contributed by atoms with Crippen molar-refractivity contribution in [3.8, 4) is 5.82 Å². The van der Waals surface area contributed by atoms with E-state index in [-0.39, 0.29) is 42.4 Å². The van der Waals surface area contributed by atoms with Gasteiger partial charge in [0.25, 0.3) is 5.91 Å². The van der Waals surface area contributed by atoms with Crippen molar-refractivity contribution in [2.45, 2.75) is 25.6 Å². The van der Waals surface area contributed by atoms with Crippen LogP contribution in [0.1, 0.15) is 29.4 Å². The summed E-state index contributed by atoms with van der Waals surface area (Å²) in [5.41, 5.74) is 4.74. The topological polar surface area (TPSA) is 98.7 Å². The van der Waals surface area contributed by atoms with E-state index in [4.69, 9.17) is 5.73 Å². The van der Waals surface area contributed by atoms with Gasteiger partial charge in [0.15, 0.2) is 11.5 Å². The highest BCUT2D eigenvalue weighted by Crippen LogP contribution is 2.28. The van der Waals surface area contributed by atoms with Gasteiger partial charge in [-0.2, -0.15) is 13.2 Å². The minimum atomic E-state index is -4.46. The Balaban J connectivity index is 0.00000288. The first-order valence-corrected chi connectivity index (χ1v) is 6.77. The third-order valence-corrected chi connectivity index (χ3v) is 2.92. The lowest BCUT2D eigenvalue weighted by atomic mass is 10.2. The number of carbonyl (C=O) groups is 1. The van der Waals surface area contributed by atoms with Crippen LogP contribution in [0, 0.1) is 0 Å². The Labute approximate surface area is 154 Å². The Bertz CT molecular complexity index is 675. The van der Waals surface area contributed by atoms with Crippen LogP contribution in [0.2, 0.25) is 0 Å². The summed E-state index contributed by atoms with van der Waals surface area (Å²) in [6.07, 6.45) is -1.87. The molecule has 0 saturated carbocycles. The van der Waals surface area contributed by atoms with Gasteiger partial charge in [0.1, 0.15) is 0 Å². The minimum Gasteiger partial charge on any atom is -0.351 e. The summed E-state index contributed by atoms with van der Waals surface area (Å²) in [4.78, 5) is 15.5. The van der Waals surface area contributed by atoms with Crippen molar-refractivity contribution in [2.75, 3.05) is 6.54 Å². The van der Waals surface area contributed by atoms with E-state index >= 15 is 0 Å². The van der Waals surface area contributed by atoms with Crippen LogP contribution in [0.15, 0.2) is 24.5 Å². The van der Waals surface area contributed by atoms with Crippen LogP contribution in [0.4, 0.5) is 13.2 Å². The Morgan fingerprint density at radius 1 is 1.36 bits per heavy atom. The number of rotatable bonds is 5. The first kappa shape index (κ1) is 23.1. The zero-order chi connectivity index (χ0) is 17.0. The zero-order valence-corrected chi connectivity index (χ0v) is 14.7. The van der Waals surface area contributed by atoms with E-state index < -0.39 is 17.6 Å². The molecule has 25 heavy (non-hydrogen) atoms. The lowest BCUT2D eigenvalue weighted by molar-refractivity contribution is -0.137. The monoisotopic (exact) mass is 400 g/mol. The summed E-state index contributed by atoms with van der Waals surface area (Å²) in [5, 5.41) is 9.97. The maximum Gasteiger partial charge on any atom is 0.417 e. The van der Waals surface area contributed by atoms with Gasteiger partial charge >= 0.3 is 6.18 Å². The molecular formula is C13H17Cl2F3N6O. The molecule has 2 aromatic heterocycles. The fraction of sp³-hybridized carbons (Fsp3) is 0.385. The predicted octanol–water partition coefficient (Wildman–Crippen LogP) is 1.99. The van der Waals surface area contributed by atoms with Crippen molar-refractivity contribution in [1.29, 1.82) is 0 Å². The van der Waals surface area contributed by atoms with Crippen LogP contribution in [0.5, 0.6) is 0 Å². The van der Waals surface area contributed by atoms with Gasteiger partial charge in [-0.1, -0.05) is 5.21 Å². The van der Waals surface area contributed by atoms with Crippen LogP contribution in [-0.4, -0.2) is 38.5 Å². The molecule has 2 heterocycles. The second kappa shape index (κ2) is 9.54. The molecule has 12 heteroatoms. The van der Waals surface area contributed by atoms with Crippen molar-refractivity contribution >= 4 is 30.7 Å². The summed E-state index contributed by atoms with van der Waals surface area (Å²) in [5.74, 6) is -0.316. The summed E-state index contributed by atoms with van der Waals surface area (Å²) in [6.45, 7) is 2.21. The maximum atomic E-state index is 12.5. The first-order chi connectivity index (χ1) is 10.8. The van der Waals surface area contributed by atoms with Gasteiger partial charge in [0.05, 0.1) is 11.8 Å². The van der Waals surface area contributed by atoms with Crippen molar-refractivity contribution in [3.63, 3.8) is 0 Å². The van der Waals surface area contributed by atoms with Gasteiger partial charge in [-0.3, -0.25) is 4.79 Å². The van der Waals surface area contributed by atoms with Crippen molar-refractivity contribution in [1.82, 2.24) is 25.3 Å². The molecule has 0 saturated heterocycles. The van der Waals surface area contributed by atoms with E-state index in [0.29, 0.717) is 19.2 Å². The molecule has 0 aliphatic rings. The SMILES string of the molecule is CC(N)CCNC(=O)c1cn(-c2ccc(C(F)(F)F)cn2)nn1.Cl.Cl. The van der Waals surface area contributed by atoms with Gasteiger partial charge in [-0.15, -0.1) is 29.9 Å². The van der Waals surface area contributed by atoms with Crippen molar-refractivity contribution < 1.29 is 18.0 Å². The Morgan fingerprint density at radius 3 is 2.56 bits per heavy atom. The second-order valence-electron chi connectivity index (χ2n) is 4.97.